The molecule has 2 aromatic heterocycles. The van der Waals surface area contributed by atoms with Crippen molar-refractivity contribution in [3.05, 3.63) is 62.5 Å². The van der Waals surface area contributed by atoms with E-state index in [2.05, 4.69) is 40.9 Å². The first kappa shape index (κ1) is 30.4. The van der Waals surface area contributed by atoms with Crippen molar-refractivity contribution in [1.29, 1.82) is 0 Å². The summed E-state index contributed by atoms with van der Waals surface area (Å²) >= 11 is 7.96. The Morgan fingerprint density at radius 1 is 1.02 bits per heavy atom. The van der Waals surface area contributed by atoms with Crippen LogP contribution in [0.4, 0.5) is 0 Å². The fourth-order valence-corrected chi connectivity index (χ4v) is 6.79. The van der Waals surface area contributed by atoms with Gasteiger partial charge in [-0.05, 0) is 64.3 Å². The maximum Gasteiger partial charge on any atom is 0.225 e. The Hall–Kier alpha value is -2.55. The highest BCUT2D eigenvalue weighted by molar-refractivity contribution is 7.15. The van der Waals surface area contributed by atoms with Gasteiger partial charge >= 0.3 is 0 Å². The number of thiophene rings is 1. The third-order valence-corrected chi connectivity index (χ3v) is 9.34. The molecule has 1 aromatic carbocycles. The molecule has 3 heterocycles. The van der Waals surface area contributed by atoms with Gasteiger partial charge in [-0.1, -0.05) is 69.2 Å². The summed E-state index contributed by atoms with van der Waals surface area (Å²) in [5.74, 6) is 1.19. The molecule has 1 aliphatic rings. The van der Waals surface area contributed by atoms with Crippen LogP contribution in [0.3, 0.4) is 0 Å². The standard InChI is InChI=1S/C31H43ClN6OS/c1-5-25(30(39)34-19-13-11-9-7-6-8-10-12-18-33)28-29-37-36-22(4)38(29)31-26(20(2)21(3)40-31)27(35-28)23-14-16-24(32)17-15-23/h14-17,25,28H,5-13,18-19,33H2,1-4H3,(H,34,39)/t25-,28+/m1/s1. The average Bonchev–Trinajstić information content (AvgIpc) is 3.41. The zero-order valence-electron chi connectivity index (χ0n) is 24.3. The van der Waals surface area contributed by atoms with E-state index < -0.39 is 6.04 Å². The second-order valence-electron chi connectivity index (χ2n) is 10.8. The number of aryl methyl sites for hydroxylation is 2. The first-order chi connectivity index (χ1) is 19.4. The number of carbonyl (C=O) groups excluding carboxylic acids is 1. The summed E-state index contributed by atoms with van der Waals surface area (Å²) < 4.78 is 2.11. The number of halogens is 1. The SMILES string of the molecule is CC[C@@H](C(=O)NCCCCCCCCCCN)[C@@H]1N=C(c2ccc(Cl)cc2)c2c(sc(C)c2C)-n2c(C)nnc21. The number of amides is 1. The summed E-state index contributed by atoms with van der Waals surface area (Å²) in [6.07, 6.45) is 10.1. The molecule has 1 amide bonds. The molecule has 2 atom stereocenters. The van der Waals surface area contributed by atoms with E-state index in [9.17, 15) is 4.79 Å². The number of aromatic nitrogens is 3. The van der Waals surface area contributed by atoms with Gasteiger partial charge < -0.3 is 11.1 Å². The molecule has 3 aromatic rings. The number of benzene rings is 1. The van der Waals surface area contributed by atoms with E-state index in [-0.39, 0.29) is 11.8 Å². The number of nitrogens with one attached hydrogen (secondary N) is 1. The smallest absolute Gasteiger partial charge is 0.225 e. The Kier molecular flexibility index (Phi) is 10.9. The van der Waals surface area contributed by atoms with Gasteiger partial charge in [-0.15, -0.1) is 21.5 Å². The van der Waals surface area contributed by atoms with Crippen molar-refractivity contribution in [3.8, 4) is 5.00 Å². The molecule has 0 radical (unpaired) electrons. The highest BCUT2D eigenvalue weighted by Gasteiger charge is 2.37. The third kappa shape index (κ3) is 6.84. The molecule has 40 heavy (non-hydrogen) atoms. The first-order valence-electron chi connectivity index (χ1n) is 14.7. The summed E-state index contributed by atoms with van der Waals surface area (Å²) in [6, 6.07) is 7.34. The van der Waals surface area contributed by atoms with E-state index in [1.165, 1.54) is 42.5 Å². The largest absolute Gasteiger partial charge is 0.356 e. The van der Waals surface area contributed by atoms with Crippen LogP contribution in [0.1, 0.15) is 104 Å². The van der Waals surface area contributed by atoms with Gasteiger partial charge in [-0.2, -0.15) is 0 Å². The number of unbranched alkanes of at least 4 members (excludes halogenated alkanes) is 7. The molecule has 0 unspecified atom stereocenters. The van der Waals surface area contributed by atoms with Gasteiger partial charge in [0.2, 0.25) is 5.91 Å². The fraction of sp³-hybridized carbons (Fsp3) is 0.548. The number of fused-ring (bicyclic) bond motifs is 3. The Morgan fingerprint density at radius 2 is 1.68 bits per heavy atom. The van der Waals surface area contributed by atoms with Gasteiger partial charge in [0, 0.05) is 27.6 Å². The van der Waals surface area contributed by atoms with Gasteiger partial charge in [0.1, 0.15) is 16.9 Å². The minimum atomic E-state index is -0.454. The molecule has 0 saturated carbocycles. The molecule has 0 aliphatic carbocycles. The van der Waals surface area contributed by atoms with E-state index in [1.807, 2.05) is 31.2 Å². The molecular weight excluding hydrogens is 540 g/mol. The molecule has 7 nitrogen and oxygen atoms in total. The zero-order valence-corrected chi connectivity index (χ0v) is 25.9. The van der Waals surface area contributed by atoms with E-state index in [1.54, 1.807) is 11.3 Å². The Morgan fingerprint density at radius 3 is 2.33 bits per heavy atom. The lowest BCUT2D eigenvalue weighted by atomic mass is 9.94. The van der Waals surface area contributed by atoms with E-state index in [4.69, 9.17) is 22.3 Å². The number of carbonyl (C=O) groups is 1. The van der Waals surface area contributed by atoms with Crippen molar-refractivity contribution >= 4 is 34.6 Å². The third-order valence-electron chi connectivity index (χ3n) is 7.89. The van der Waals surface area contributed by atoms with Gasteiger partial charge in [-0.25, -0.2) is 0 Å². The lowest BCUT2D eigenvalue weighted by Gasteiger charge is -2.22. The monoisotopic (exact) mass is 582 g/mol. The van der Waals surface area contributed by atoms with Crippen LogP contribution in [-0.2, 0) is 4.79 Å². The second kappa shape index (κ2) is 14.4. The van der Waals surface area contributed by atoms with Gasteiger partial charge in [-0.3, -0.25) is 14.4 Å². The predicted octanol–water partition coefficient (Wildman–Crippen LogP) is 7.02. The molecule has 3 N–H and O–H groups in total. The van der Waals surface area contributed by atoms with Crippen molar-refractivity contribution in [2.75, 3.05) is 13.1 Å². The van der Waals surface area contributed by atoms with Crippen LogP contribution in [0.15, 0.2) is 29.3 Å². The quantitative estimate of drug-likeness (QED) is 0.199. The highest BCUT2D eigenvalue weighted by atomic mass is 35.5. The van der Waals surface area contributed by atoms with Crippen molar-refractivity contribution < 1.29 is 4.79 Å². The Balaban J connectivity index is 1.55. The van der Waals surface area contributed by atoms with Gasteiger partial charge in [0.05, 0.1) is 11.6 Å². The molecule has 216 valence electrons. The fourth-order valence-electron chi connectivity index (χ4n) is 5.45. The number of nitrogens with two attached hydrogens (primary N) is 1. The summed E-state index contributed by atoms with van der Waals surface area (Å²) in [6.45, 7) is 9.76. The molecule has 0 bridgehead atoms. The molecule has 0 saturated heterocycles. The van der Waals surface area contributed by atoms with Gasteiger partial charge in [0.15, 0.2) is 5.82 Å². The minimum Gasteiger partial charge on any atom is -0.356 e. The molecule has 9 heteroatoms. The summed E-state index contributed by atoms with van der Waals surface area (Å²) in [5.41, 5.74) is 9.69. The van der Waals surface area contributed by atoms with Crippen LogP contribution in [-0.4, -0.2) is 39.5 Å². The summed E-state index contributed by atoms with van der Waals surface area (Å²) in [4.78, 5) is 20.1. The Bertz CT molecular complexity index is 1310. The lowest BCUT2D eigenvalue weighted by Crippen LogP contribution is -2.35. The maximum atomic E-state index is 13.6. The second-order valence-corrected chi connectivity index (χ2v) is 12.4. The van der Waals surface area contributed by atoms with Crippen LogP contribution < -0.4 is 11.1 Å². The number of nitrogens with zero attached hydrogens (tertiary/aromatic N) is 4. The van der Waals surface area contributed by atoms with Gasteiger partial charge in [0.25, 0.3) is 0 Å². The topological polar surface area (TPSA) is 98.2 Å². The van der Waals surface area contributed by atoms with Crippen LogP contribution in [0.2, 0.25) is 5.02 Å². The lowest BCUT2D eigenvalue weighted by molar-refractivity contribution is -0.125. The number of rotatable bonds is 14. The normalized spacial score (nSPS) is 15.2. The van der Waals surface area contributed by atoms with Crippen LogP contribution in [0, 0.1) is 26.7 Å². The molecule has 1 aliphatic heterocycles. The van der Waals surface area contributed by atoms with Crippen molar-refractivity contribution in [2.24, 2.45) is 16.6 Å². The Labute approximate surface area is 247 Å². The number of aliphatic imine (C=N–C) groups is 1. The first-order valence-corrected chi connectivity index (χ1v) is 15.9. The van der Waals surface area contributed by atoms with E-state index >= 15 is 0 Å². The van der Waals surface area contributed by atoms with Crippen LogP contribution >= 0.6 is 22.9 Å². The molecule has 4 rings (SSSR count). The average molecular weight is 583 g/mol. The van der Waals surface area contributed by atoms with Crippen molar-refractivity contribution in [3.63, 3.8) is 0 Å². The van der Waals surface area contributed by atoms with Crippen molar-refractivity contribution in [1.82, 2.24) is 20.1 Å². The maximum absolute atomic E-state index is 13.6. The zero-order chi connectivity index (χ0) is 28.6. The highest BCUT2D eigenvalue weighted by Crippen LogP contribution is 2.41. The summed E-state index contributed by atoms with van der Waals surface area (Å²) in [5, 5.41) is 14.0. The van der Waals surface area contributed by atoms with E-state index in [0.717, 1.165) is 59.3 Å². The summed E-state index contributed by atoms with van der Waals surface area (Å²) in [7, 11) is 0. The van der Waals surface area contributed by atoms with E-state index in [0.29, 0.717) is 18.0 Å². The van der Waals surface area contributed by atoms with Crippen LogP contribution in [0.25, 0.3) is 5.00 Å². The number of hydrogen-bond acceptors (Lipinski definition) is 6. The minimum absolute atomic E-state index is 0.0267. The predicted molar refractivity (Wildman–Crippen MR) is 166 cm³/mol. The molecule has 0 spiro atoms. The molecule has 0 fully saturated rings. The number of hydrogen-bond donors (Lipinski definition) is 2. The van der Waals surface area contributed by atoms with Crippen LogP contribution in [0.5, 0.6) is 0 Å². The van der Waals surface area contributed by atoms with Crippen molar-refractivity contribution in [2.45, 2.75) is 91.5 Å². The molecular formula is C31H43ClN6OS.